The Morgan fingerprint density at radius 1 is 1.21 bits per heavy atom. The third kappa shape index (κ3) is 8.61. The van der Waals surface area contributed by atoms with Gasteiger partial charge in [0.25, 0.3) is 0 Å². The molecule has 0 rings (SSSR count). The van der Waals surface area contributed by atoms with E-state index in [2.05, 4.69) is 39.9 Å². The summed E-state index contributed by atoms with van der Waals surface area (Å²) in [6.45, 7) is 12.9. The average Bonchev–Trinajstić information content (AvgIpc) is 2.38. The quantitative estimate of drug-likeness (QED) is 0.536. The van der Waals surface area contributed by atoms with Crippen LogP contribution in [0.1, 0.15) is 66.7 Å². The Bertz CT molecular complexity index is 203. The molecule has 0 spiro atoms. The van der Waals surface area contributed by atoms with Crippen molar-refractivity contribution in [1.82, 2.24) is 5.32 Å². The van der Waals surface area contributed by atoms with E-state index in [-0.39, 0.29) is 12.1 Å². The number of aliphatic hydroxyl groups is 1. The van der Waals surface area contributed by atoms with Crippen LogP contribution in [0, 0.1) is 5.92 Å². The van der Waals surface area contributed by atoms with E-state index in [1.54, 1.807) is 0 Å². The third-order valence-electron chi connectivity index (χ3n) is 3.73. The van der Waals surface area contributed by atoms with Crippen molar-refractivity contribution in [3.8, 4) is 0 Å². The van der Waals surface area contributed by atoms with Crippen molar-refractivity contribution in [1.29, 1.82) is 0 Å². The normalized spacial score (nSPS) is 16.6. The van der Waals surface area contributed by atoms with Crippen LogP contribution in [0.25, 0.3) is 0 Å². The molecule has 0 aromatic heterocycles. The van der Waals surface area contributed by atoms with Gasteiger partial charge in [-0.1, -0.05) is 27.7 Å². The lowest BCUT2D eigenvalue weighted by Crippen LogP contribution is -2.48. The second-order valence-corrected chi connectivity index (χ2v) is 6.13. The van der Waals surface area contributed by atoms with Crippen molar-refractivity contribution >= 4 is 0 Å². The first-order chi connectivity index (χ1) is 8.99. The third-order valence-corrected chi connectivity index (χ3v) is 3.73. The summed E-state index contributed by atoms with van der Waals surface area (Å²) in [7, 11) is 0. The van der Waals surface area contributed by atoms with E-state index < -0.39 is 0 Å². The Balaban J connectivity index is 3.92. The summed E-state index contributed by atoms with van der Waals surface area (Å²) < 4.78 is 5.83. The fraction of sp³-hybridized carbons (Fsp3) is 1.00. The number of hydrogen-bond donors (Lipinski definition) is 2. The van der Waals surface area contributed by atoms with Crippen molar-refractivity contribution < 1.29 is 9.84 Å². The highest BCUT2D eigenvalue weighted by atomic mass is 16.5. The maximum absolute atomic E-state index is 9.63. The first-order valence-corrected chi connectivity index (χ1v) is 7.97. The monoisotopic (exact) mass is 273 g/mol. The number of hydrogen-bond acceptors (Lipinski definition) is 3. The molecule has 0 aromatic carbocycles. The Labute approximate surface area is 120 Å². The minimum Gasteiger partial charge on any atom is -0.394 e. The average molecular weight is 273 g/mol. The van der Waals surface area contributed by atoms with E-state index >= 15 is 0 Å². The summed E-state index contributed by atoms with van der Waals surface area (Å²) in [5, 5.41) is 13.1. The molecule has 2 N–H and O–H groups in total. The number of aliphatic hydroxyl groups excluding tert-OH is 1. The molecule has 0 saturated heterocycles. The van der Waals surface area contributed by atoms with Gasteiger partial charge in [0.1, 0.15) is 0 Å². The minimum absolute atomic E-state index is 0.110. The maximum atomic E-state index is 9.63. The molecule has 3 nitrogen and oxygen atoms in total. The second kappa shape index (κ2) is 10.6. The molecule has 0 radical (unpaired) electrons. The van der Waals surface area contributed by atoms with E-state index in [4.69, 9.17) is 4.74 Å². The van der Waals surface area contributed by atoms with E-state index in [0.717, 1.165) is 45.3 Å². The fourth-order valence-corrected chi connectivity index (χ4v) is 2.45. The van der Waals surface area contributed by atoms with Crippen molar-refractivity contribution in [2.24, 2.45) is 5.92 Å². The van der Waals surface area contributed by atoms with E-state index in [1.165, 1.54) is 0 Å². The molecule has 3 heteroatoms. The van der Waals surface area contributed by atoms with Crippen LogP contribution in [0.5, 0.6) is 0 Å². The van der Waals surface area contributed by atoms with Crippen LogP contribution in [0.3, 0.4) is 0 Å². The number of rotatable bonds is 12. The van der Waals surface area contributed by atoms with Crippen molar-refractivity contribution in [3.05, 3.63) is 0 Å². The lowest BCUT2D eigenvalue weighted by Gasteiger charge is -2.32. The van der Waals surface area contributed by atoms with Crippen molar-refractivity contribution in [2.75, 3.05) is 19.8 Å². The molecule has 0 heterocycles. The summed E-state index contributed by atoms with van der Waals surface area (Å²) in [4.78, 5) is 0. The Kier molecular flexibility index (Phi) is 10.6. The molecule has 0 aliphatic rings. The molecular formula is C16H35NO2. The molecule has 0 fully saturated rings. The molecule has 0 saturated carbocycles. The van der Waals surface area contributed by atoms with Crippen LogP contribution < -0.4 is 5.32 Å². The van der Waals surface area contributed by atoms with E-state index in [9.17, 15) is 5.11 Å². The van der Waals surface area contributed by atoms with Gasteiger partial charge in [-0.15, -0.1) is 0 Å². The lowest BCUT2D eigenvalue weighted by molar-refractivity contribution is 0.0418. The SMILES string of the molecule is CCCNC(CC)(CO)CCCOC(C)CC(C)C. The summed E-state index contributed by atoms with van der Waals surface area (Å²) in [6, 6.07) is 0. The van der Waals surface area contributed by atoms with Gasteiger partial charge in [-0.05, 0) is 51.5 Å². The van der Waals surface area contributed by atoms with Crippen LogP contribution in [-0.2, 0) is 4.74 Å². The summed E-state index contributed by atoms with van der Waals surface area (Å²) in [5.74, 6) is 0.688. The minimum atomic E-state index is -0.110. The van der Waals surface area contributed by atoms with Gasteiger partial charge >= 0.3 is 0 Å². The van der Waals surface area contributed by atoms with Gasteiger partial charge in [-0.3, -0.25) is 0 Å². The molecule has 19 heavy (non-hydrogen) atoms. The van der Waals surface area contributed by atoms with Gasteiger partial charge in [0, 0.05) is 12.1 Å². The van der Waals surface area contributed by atoms with Gasteiger partial charge in [-0.25, -0.2) is 0 Å². The largest absolute Gasteiger partial charge is 0.394 e. The molecule has 0 bridgehead atoms. The summed E-state index contributed by atoms with van der Waals surface area (Å²) in [6.07, 6.45) is 5.51. The topological polar surface area (TPSA) is 41.5 Å². The molecule has 116 valence electrons. The summed E-state index contributed by atoms with van der Waals surface area (Å²) in [5.41, 5.74) is -0.110. The molecule has 2 atom stereocenters. The number of ether oxygens (including phenoxy) is 1. The lowest BCUT2D eigenvalue weighted by atomic mass is 9.91. The highest BCUT2D eigenvalue weighted by Gasteiger charge is 2.25. The summed E-state index contributed by atoms with van der Waals surface area (Å²) >= 11 is 0. The van der Waals surface area contributed by atoms with E-state index in [0.29, 0.717) is 12.0 Å². The Hall–Kier alpha value is -0.120. The molecule has 2 unspecified atom stereocenters. The van der Waals surface area contributed by atoms with E-state index in [1.807, 2.05) is 0 Å². The maximum Gasteiger partial charge on any atom is 0.0613 e. The molecule has 0 amide bonds. The fourth-order valence-electron chi connectivity index (χ4n) is 2.45. The van der Waals surface area contributed by atoms with Gasteiger partial charge in [0.15, 0.2) is 0 Å². The van der Waals surface area contributed by atoms with Crippen LogP contribution in [0.15, 0.2) is 0 Å². The zero-order chi connectivity index (χ0) is 14.7. The highest BCUT2D eigenvalue weighted by Crippen LogP contribution is 2.18. The number of nitrogens with one attached hydrogen (secondary N) is 1. The molecule has 0 aliphatic carbocycles. The van der Waals surface area contributed by atoms with Gasteiger partial charge in [-0.2, -0.15) is 0 Å². The van der Waals surface area contributed by atoms with Gasteiger partial charge in [0.05, 0.1) is 12.7 Å². The smallest absolute Gasteiger partial charge is 0.0613 e. The first-order valence-electron chi connectivity index (χ1n) is 7.97. The van der Waals surface area contributed by atoms with Crippen LogP contribution in [0.4, 0.5) is 0 Å². The standard InChI is InChI=1S/C16H35NO2/c1-6-10-17-16(7-2,13-18)9-8-11-19-15(5)12-14(3)4/h14-15,17-18H,6-13H2,1-5H3. The Morgan fingerprint density at radius 3 is 2.37 bits per heavy atom. The zero-order valence-corrected chi connectivity index (χ0v) is 13.7. The van der Waals surface area contributed by atoms with Crippen LogP contribution >= 0.6 is 0 Å². The predicted molar refractivity (Wildman–Crippen MR) is 82.5 cm³/mol. The Morgan fingerprint density at radius 2 is 1.89 bits per heavy atom. The zero-order valence-electron chi connectivity index (χ0n) is 13.7. The molecular weight excluding hydrogens is 238 g/mol. The second-order valence-electron chi connectivity index (χ2n) is 6.13. The highest BCUT2D eigenvalue weighted by molar-refractivity contribution is 4.85. The van der Waals surface area contributed by atoms with Crippen LogP contribution in [-0.4, -0.2) is 36.5 Å². The first kappa shape index (κ1) is 18.9. The van der Waals surface area contributed by atoms with Crippen molar-refractivity contribution in [3.63, 3.8) is 0 Å². The predicted octanol–water partition coefficient (Wildman–Crippen LogP) is 3.36. The van der Waals surface area contributed by atoms with Gasteiger partial charge < -0.3 is 15.2 Å². The van der Waals surface area contributed by atoms with Crippen molar-refractivity contribution in [2.45, 2.75) is 78.4 Å². The molecule has 0 aliphatic heterocycles. The van der Waals surface area contributed by atoms with Gasteiger partial charge in [0.2, 0.25) is 0 Å². The molecule has 0 aromatic rings. The van der Waals surface area contributed by atoms with Crippen LogP contribution in [0.2, 0.25) is 0 Å².